The number of alkyl carbamates (subject to hydrolysis) is 1. The van der Waals surface area contributed by atoms with Crippen LogP contribution in [0.2, 0.25) is 0 Å². The van der Waals surface area contributed by atoms with Crippen LogP contribution in [0.15, 0.2) is 16.5 Å². The lowest BCUT2D eigenvalue weighted by Gasteiger charge is -2.19. The Morgan fingerprint density at radius 2 is 1.81 bits per heavy atom. The van der Waals surface area contributed by atoms with E-state index in [0.717, 1.165) is 6.07 Å². The Bertz CT molecular complexity index is 691. The maximum Gasteiger partial charge on any atom is 0.407 e. The van der Waals surface area contributed by atoms with Crippen LogP contribution in [0.1, 0.15) is 61.1 Å². The molecule has 0 aliphatic heterocycles. The van der Waals surface area contributed by atoms with Gasteiger partial charge in [-0.25, -0.2) is 9.59 Å². The van der Waals surface area contributed by atoms with Crippen molar-refractivity contribution >= 4 is 23.9 Å². The summed E-state index contributed by atoms with van der Waals surface area (Å²) in [5, 5.41) is 13.8. The van der Waals surface area contributed by atoms with Crippen molar-refractivity contribution in [1.29, 1.82) is 0 Å². The summed E-state index contributed by atoms with van der Waals surface area (Å²) in [6, 6.07) is 1.39. The van der Waals surface area contributed by atoms with E-state index in [4.69, 9.17) is 20.0 Å². The molecule has 10 nitrogen and oxygen atoms in total. The molecule has 10 heteroatoms. The zero-order valence-corrected chi connectivity index (χ0v) is 15.5. The van der Waals surface area contributed by atoms with E-state index in [1.165, 1.54) is 6.07 Å². The van der Waals surface area contributed by atoms with Gasteiger partial charge in [0.1, 0.15) is 11.6 Å². The van der Waals surface area contributed by atoms with Crippen molar-refractivity contribution in [2.24, 2.45) is 5.73 Å². The average Bonchev–Trinajstić information content (AvgIpc) is 3.01. The van der Waals surface area contributed by atoms with Crippen LogP contribution in [0, 0.1) is 0 Å². The average molecular weight is 383 g/mol. The van der Waals surface area contributed by atoms with E-state index in [2.05, 4.69) is 10.6 Å². The van der Waals surface area contributed by atoms with Crippen molar-refractivity contribution < 1.29 is 33.4 Å². The number of nitrogens with two attached hydrogens (primary N) is 1. The molecule has 0 bridgehead atoms. The quantitative estimate of drug-likeness (QED) is 0.467. The Morgan fingerprint density at radius 3 is 2.33 bits per heavy atom. The standard InChI is InChI=1S/C17H25N3O7/c1-17(2,3)27-16(25)19-9-5-4-6-10(13(18)21)20-14(22)11-7-8-12(26-11)15(23)24/h7-8,10H,4-6,9H2,1-3H3,(H2,18,21)(H,19,25)(H,20,22)(H,23,24)/t10-/m0/s1. The first-order valence-electron chi connectivity index (χ1n) is 8.40. The Morgan fingerprint density at radius 1 is 1.19 bits per heavy atom. The summed E-state index contributed by atoms with van der Waals surface area (Å²) in [5.41, 5.74) is 4.70. The van der Waals surface area contributed by atoms with E-state index in [9.17, 15) is 19.2 Å². The van der Waals surface area contributed by atoms with Crippen LogP contribution in [-0.2, 0) is 9.53 Å². The molecule has 0 spiro atoms. The number of carboxylic acid groups (broad SMARTS) is 1. The summed E-state index contributed by atoms with van der Waals surface area (Å²) >= 11 is 0. The van der Waals surface area contributed by atoms with Crippen LogP contribution < -0.4 is 16.4 Å². The second-order valence-electron chi connectivity index (χ2n) is 6.82. The van der Waals surface area contributed by atoms with Crippen molar-refractivity contribution in [3.8, 4) is 0 Å². The third-order valence-electron chi connectivity index (χ3n) is 3.28. The largest absolute Gasteiger partial charge is 0.475 e. The smallest absolute Gasteiger partial charge is 0.407 e. The highest BCUT2D eigenvalue weighted by Gasteiger charge is 2.22. The maximum atomic E-state index is 12.0. The van der Waals surface area contributed by atoms with Crippen LogP contribution in [-0.4, -0.2) is 47.2 Å². The number of carbonyl (C=O) groups excluding carboxylic acids is 3. The normalized spacial score (nSPS) is 12.1. The lowest BCUT2D eigenvalue weighted by atomic mass is 10.1. The number of hydrogen-bond acceptors (Lipinski definition) is 6. The molecular weight excluding hydrogens is 358 g/mol. The van der Waals surface area contributed by atoms with Gasteiger partial charge >= 0.3 is 12.1 Å². The van der Waals surface area contributed by atoms with Crippen LogP contribution in [0.3, 0.4) is 0 Å². The second-order valence-corrected chi connectivity index (χ2v) is 6.82. The summed E-state index contributed by atoms with van der Waals surface area (Å²) in [4.78, 5) is 45.8. The number of unbranched alkanes of at least 4 members (excludes halogenated alkanes) is 1. The third kappa shape index (κ3) is 8.25. The van der Waals surface area contributed by atoms with Crippen molar-refractivity contribution in [2.45, 2.75) is 51.7 Å². The predicted octanol–water partition coefficient (Wildman–Crippen LogP) is 1.26. The number of hydrogen-bond donors (Lipinski definition) is 4. The van der Waals surface area contributed by atoms with E-state index in [1.807, 2.05) is 0 Å². The van der Waals surface area contributed by atoms with Crippen LogP contribution >= 0.6 is 0 Å². The second kappa shape index (κ2) is 9.60. The molecule has 3 amide bonds. The van der Waals surface area contributed by atoms with Crippen LogP contribution in [0.5, 0.6) is 0 Å². The predicted molar refractivity (Wildman–Crippen MR) is 94.2 cm³/mol. The molecule has 1 aromatic heterocycles. The number of primary amides is 1. The fourth-order valence-corrected chi connectivity index (χ4v) is 2.07. The number of carbonyl (C=O) groups is 4. The van der Waals surface area contributed by atoms with Gasteiger partial charge in [-0.05, 0) is 52.2 Å². The van der Waals surface area contributed by atoms with Crippen LogP contribution in [0.4, 0.5) is 4.79 Å². The SMILES string of the molecule is CC(C)(C)OC(=O)NCCCC[C@H](NC(=O)c1ccc(C(=O)O)o1)C(N)=O. The molecule has 0 aliphatic rings. The van der Waals surface area contributed by atoms with Gasteiger partial charge in [0.2, 0.25) is 11.7 Å². The summed E-state index contributed by atoms with van der Waals surface area (Å²) in [6.07, 6.45) is 0.767. The molecule has 0 radical (unpaired) electrons. The van der Waals surface area contributed by atoms with Gasteiger partial charge in [0.05, 0.1) is 0 Å². The molecule has 5 N–H and O–H groups in total. The fraction of sp³-hybridized carbons (Fsp3) is 0.529. The van der Waals surface area contributed by atoms with Gasteiger partial charge in [-0.15, -0.1) is 0 Å². The number of carboxylic acids is 1. The summed E-state index contributed by atoms with van der Waals surface area (Å²) in [7, 11) is 0. The van der Waals surface area contributed by atoms with Crippen molar-refractivity contribution in [3.05, 3.63) is 23.7 Å². The Hall–Kier alpha value is -3.04. The van der Waals surface area contributed by atoms with Crippen molar-refractivity contribution in [2.75, 3.05) is 6.54 Å². The minimum absolute atomic E-state index is 0.231. The third-order valence-corrected chi connectivity index (χ3v) is 3.28. The monoisotopic (exact) mass is 383 g/mol. The molecule has 27 heavy (non-hydrogen) atoms. The van der Waals surface area contributed by atoms with Gasteiger partial charge in [-0.2, -0.15) is 0 Å². The first-order chi connectivity index (χ1) is 12.5. The molecule has 0 saturated carbocycles. The molecule has 0 unspecified atom stereocenters. The van der Waals surface area contributed by atoms with E-state index < -0.39 is 35.5 Å². The highest BCUT2D eigenvalue weighted by Crippen LogP contribution is 2.09. The molecule has 0 aromatic carbocycles. The maximum absolute atomic E-state index is 12.0. The van der Waals surface area contributed by atoms with E-state index in [0.29, 0.717) is 19.4 Å². The molecule has 0 saturated heterocycles. The van der Waals surface area contributed by atoms with Gasteiger partial charge < -0.3 is 30.6 Å². The summed E-state index contributed by atoms with van der Waals surface area (Å²) in [5.74, 6) is -3.39. The van der Waals surface area contributed by atoms with Gasteiger partial charge in [0.15, 0.2) is 5.76 Å². The van der Waals surface area contributed by atoms with Crippen molar-refractivity contribution in [3.63, 3.8) is 0 Å². The van der Waals surface area contributed by atoms with Gasteiger partial charge in [0, 0.05) is 6.54 Å². The molecule has 1 aromatic rings. The molecule has 1 heterocycles. The van der Waals surface area contributed by atoms with Crippen molar-refractivity contribution in [1.82, 2.24) is 10.6 Å². The fourth-order valence-electron chi connectivity index (χ4n) is 2.07. The Labute approximate surface area is 156 Å². The highest BCUT2D eigenvalue weighted by atomic mass is 16.6. The zero-order chi connectivity index (χ0) is 20.6. The van der Waals surface area contributed by atoms with Crippen LogP contribution in [0.25, 0.3) is 0 Å². The molecule has 0 aliphatic carbocycles. The lowest BCUT2D eigenvalue weighted by Crippen LogP contribution is -2.44. The van der Waals surface area contributed by atoms with Gasteiger partial charge in [-0.1, -0.05) is 0 Å². The van der Waals surface area contributed by atoms with E-state index in [-0.39, 0.29) is 17.9 Å². The first kappa shape index (κ1) is 22.0. The highest BCUT2D eigenvalue weighted by molar-refractivity contribution is 5.96. The number of aromatic carboxylic acids is 1. The molecule has 1 atom stereocenters. The Kier molecular flexibility index (Phi) is 7.82. The molecule has 0 fully saturated rings. The molecular formula is C17H25N3O7. The van der Waals surface area contributed by atoms with Gasteiger partial charge in [-0.3, -0.25) is 9.59 Å². The minimum Gasteiger partial charge on any atom is -0.475 e. The number of furan rings is 1. The summed E-state index contributed by atoms with van der Waals surface area (Å²) in [6.45, 7) is 5.61. The number of amides is 3. The van der Waals surface area contributed by atoms with E-state index in [1.54, 1.807) is 20.8 Å². The minimum atomic E-state index is -1.31. The number of rotatable bonds is 9. The van der Waals surface area contributed by atoms with Gasteiger partial charge in [0.25, 0.3) is 5.91 Å². The number of ether oxygens (including phenoxy) is 1. The Balaban J connectivity index is 2.41. The first-order valence-corrected chi connectivity index (χ1v) is 8.40. The number of nitrogens with one attached hydrogen (secondary N) is 2. The summed E-state index contributed by atoms with van der Waals surface area (Å²) < 4.78 is 9.96. The van der Waals surface area contributed by atoms with E-state index >= 15 is 0 Å². The lowest BCUT2D eigenvalue weighted by molar-refractivity contribution is -0.120. The molecule has 150 valence electrons. The topological polar surface area (TPSA) is 161 Å². The zero-order valence-electron chi connectivity index (χ0n) is 15.5. The molecule has 1 rings (SSSR count).